The molecule has 3 N–H and O–H groups in total. The van der Waals surface area contributed by atoms with Crippen LogP contribution in [0.4, 0.5) is 0 Å². The van der Waals surface area contributed by atoms with Crippen LogP contribution >= 0.6 is 11.8 Å². The number of rotatable bonds is 4. The molecule has 1 saturated heterocycles. The highest BCUT2D eigenvalue weighted by Gasteiger charge is 2.20. The molecule has 0 amide bonds. The number of amidine groups is 1. The fourth-order valence-corrected chi connectivity index (χ4v) is 3.65. The van der Waals surface area contributed by atoms with Crippen LogP contribution < -0.4 is 0 Å². The van der Waals surface area contributed by atoms with Crippen molar-refractivity contribution in [3.8, 4) is 0 Å². The largest absolute Gasteiger partial charge is 0.387 e. The molecule has 8 heteroatoms. The van der Waals surface area contributed by atoms with Crippen LogP contribution in [0.1, 0.15) is 17.2 Å². The number of hydrogen-bond acceptors (Lipinski definition) is 5. The maximum atomic E-state index is 10.5. The van der Waals surface area contributed by atoms with Crippen molar-refractivity contribution in [3.05, 3.63) is 65.7 Å². The Morgan fingerprint density at radius 3 is 2.27 bits per heavy atom. The molecule has 1 heterocycles. The Labute approximate surface area is 158 Å². The molecule has 1 fully saturated rings. The molecule has 1 atom stereocenters. The van der Waals surface area contributed by atoms with Crippen molar-refractivity contribution in [2.24, 2.45) is 0 Å². The van der Waals surface area contributed by atoms with Crippen molar-refractivity contribution in [2.45, 2.75) is 17.9 Å². The van der Waals surface area contributed by atoms with Crippen LogP contribution in [0.5, 0.6) is 0 Å². The molecule has 6 nitrogen and oxygen atoms in total. The van der Waals surface area contributed by atoms with Gasteiger partial charge in [-0.3, -0.25) is 9.96 Å². The minimum absolute atomic E-state index is 0.0666. The summed E-state index contributed by atoms with van der Waals surface area (Å²) in [6.45, 7) is 3.23. The molecule has 0 aromatic heterocycles. The van der Waals surface area contributed by atoms with E-state index in [0.29, 0.717) is 11.7 Å². The van der Waals surface area contributed by atoms with Crippen molar-refractivity contribution < 1.29 is 18.1 Å². The minimum atomic E-state index is -4.02. The first-order valence-corrected chi connectivity index (χ1v) is 10.4. The van der Waals surface area contributed by atoms with E-state index in [-0.39, 0.29) is 4.90 Å². The maximum Gasteiger partial charge on any atom is 0.294 e. The molecule has 2 aromatic carbocycles. The Morgan fingerprint density at radius 1 is 1.15 bits per heavy atom. The zero-order chi connectivity index (χ0) is 19.2. The van der Waals surface area contributed by atoms with E-state index < -0.39 is 16.2 Å². The highest BCUT2D eigenvalue weighted by Crippen LogP contribution is 2.20. The smallest absolute Gasteiger partial charge is 0.294 e. The number of nitrogens with one attached hydrogen (secondary N) is 1. The number of aryl methyl sites for hydroxylation is 1. The quantitative estimate of drug-likeness (QED) is 0.689. The summed E-state index contributed by atoms with van der Waals surface area (Å²) < 4.78 is 29.6. The minimum Gasteiger partial charge on any atom is -0.387 e. The molecular formula is C18H22N2O4S2. The number of benzene rings is 2. The van der Waals surface area contributed by atoms with E-state index in [1.807, 2.05) is 42.2 Å². The lowest BCUT2D eigenvalue weighted by atomic mass is 10.1. The van der Waals surface area contributed by atoms with Gasteiger partial charge in [-0.2, -0.15) is 8.42 Å². The summed E-state index contributed by atoms with van der Waals surface area (Å²) >= 11 is 1.54. The molecule has 0 bridgehead atoms. The molecule has 0 aliphatic carbocycles. The Bertz CT molecular complexity index is 824. The average molecular weight is 395 g/mol. The van der Waals surface area contributed by atoms with Crippen molar-refractivity contribution in [1.82, 2.24) is 4.90 Å². The third-order valence-corrected chi connectivity index (χ3v) is 5.57. The molecule has 1 aliphatic rings. The molecule has 26 heavy (non-hydrogen) atoms. The summed E-state index contributed by atoms with van der Waals surface area (Å²) in [6.07, 6.45) is -0.495. The molecule has 140 valence electrons. The van der Waals surface area contributed by atoms with Gasteiger partial charge in [-0.05, 0) is 24.6 Å². The average Bonchev–Trinajstić information content (AvgIpc) is 3.01. The van der Waals surface area contributed by atoms with Crippen LogP contribution in [-0.4, -0.2) is 47.0 Å². The molecule has 0 spiro atoms. The lowest BCUT2D eigenvalue weighted by Gasteiger charge is -2.20. The van der Waals surface area contributed by atoms with Gasteiger partial charge in [0.05, 0.1) is 11.0 Å². The van der Waals surface area contributed by atoms with E-state index >= 15 is 0 Å². The molecular weight excluding hydrogens is 372 g/mol. The lowest BCUT2D eigenvalue weighted by molar-refractivity contribution is 0.148. The monoisotopic (exact) mass is 394 g/mol. The highest BCUT2D eigenvalue weighted by atomic mass is 32.2. The first-order valence-electron chi connectivity index (χ1n) is 8.01. The second-order valence-electron chi connectivity index (χ2n) is 5.81. The van der Waals surface area contributed by atoms with Gasteiger partial charge in [0.2, 0.25) is 0 Å². The number of nitrogens with zero attached hydrogens (tertiary/aromatic N) is 1. The maximum absolute atomic E-state index is 10.5. The first-order chi connectivity index (χ1) is 12.3. The summed E-state index contributed by atoms with van der Waals surface area (Å²) in [5.74, 6) is 0.959. The van der Waals surface area contributed by atoms with Gasteiger partial charge in [-0.15, -0.1) is 0 Å². The predicted octanol–water partition coefficient (Wildman–Crippen LogP) is 2.95. The number of aliphatic hydroxyl groups excluding tert-OH is 1. The van der Waals surface area contributed by atoms with Crippen molar-refractivity contribution in [2.75, 3.05) is 18.8 Å². The molecule has 3 rings (SSSR count). The number of thioether (sulfide) groups is 1. The van der Waals surface area contributed by atoms with Gasteiger partial charge in [0.15, 0.2) is 5.17 Å². The topological polar surface area (TPSA) is 102 Å². The van der Waals surface area contributed by atoms with Crippen LogP contribution in [0.15, 0.2) is 59.5 Å². The van der Waals surface area contributed by atoms with Crippen LogP contribution in [-0.2, 0) is 10.1 Å². The Balaban J connectivity index is 0.000000197. The van der Waals surface area contributed by atoms with Crippen LogP contribution in [0.3, 0.4) is 0 Å². The van der Waals surface area contributed by atoms with E-state index in [0.717, 1.165) is 23.4 Å². The summed E-state index contributed by atoms with van der Waals surface area (Å²) in [5, 5.41) is 18.2. The number of hydrogen-bond donors (Lipinski definition) is 3. The van der Waals surface area contributed by atoms with Gasteiger partial charge in [0, 0.05) is 18.8 Å². The Morgan fingerprint density at radius 2 is 1.77 bits per heavy atom. The summed E-state index contributed by atoms with van der Waals surface area (Å²) in [6, 6.07) is 15.6. The van der Waals surface area contributed by atoms with E-state index in [4.69, 9.17) is 9.96 Å². The van der Waals surface area contributed by atoms with Gasteiger partial charge in [0.1, 0.15) is 0 Å². The fourth-order valence-electron chi connectivity index (χ4n) is 2.32. The van der Waals surface area contributed by atoms with Gasteiger partial charge >= 0.3 is 0 Å². The number of β-amino-alcohol motifs (C(OH)–C–C–N with tert-alkyl or cyclic N) is 1. The van der Waals surface area contributed by atoms with Gasteiger partial charge < -0.3 is 10.0 Å². The van der Waals surface area contributed by atoms with E-state index in [9.17, 15) is 13.5 Å². The van der Waals surface area contributed by atoms with Crippen LogP contribution in [0, 0.1) is 12.3 Å². The third kappa shape index (κ3) is 6.14. The zero-order valence-electron chi connectivity index (χ0n) is 14.4. The zero-order valence-corrected chi connectivity index (χ0v) is 16.0. The summed E-state index contributed by atoms with van der Waals surface area (Å²) in [4.78, 5) is 1.85. The summed E-state index contributed by atoms with van der Waals surface area (Å²) in [5.41, 5.74) is 1.87. The molecule has 1 aliphatic heterocycles. The summed E-state index contributed by atoms with van der Waals surface area (Å²) in [7, 11) is -4.02. The molecule has 2 aromatic rings. The van der Waals surface area contributed by atoms with Gasteiger partial charge in [-0.1, -0.05) is 59.8 Å². The fraction of sp³-hybridized carbons (Fsp3) is 0.278. The number of aliphatic hydroxyl groups is 1. The van der Waals surface area contributed by atoms with E-state index in [2.05, 4.69) is 0 Å². The van der Waals surface area contributed by atoms with Crippen molar-refractivity contribution >= 4 is 27.0 Å². The standard InChI is InChI=1S/C11H14N2OS.C7H8O3S/c12-11-13(6-7-15-11)8-10(14)9-4-2-1-3-5-9;1-6-2-4-7(5-3-6)11(8,9)10/h1-5,10,12,14H,6-8H2;2-5H,1H3,(H,8,9,10). The van der Waals surface area contributed by atoms with Gasteiger partial charge in [0.25, 0.3) is 10.1 Å². The predicted molar refractivity (Wildman–Crippen MR) is 104 cm³/mol. The molecule has 0 radical (unpaired) electrons. The SMILES string of the molecule is Cc1ccc(S(=O)(=O)O)cc1.N=C1SCCN1CC(O)c1ccccc1. The second-order valence-corrected chi connectivity index (χ2v) is 8.32. The highest BCUT2D eigenvalue weighted by molar-refractivity contribution is 8.14. The Kier molecular flexibility index (Phi) is 7.22. The second kappa shape index (κ2) is 9.18. The van der Waals surface area contributed by atoms with Crippen molar-refractivity contribution in [1.29, 1.82) is 5.41 Å². The van der Waals surface area contributed by atoms with E-state index in [1.165, 1.54) is 12.1 Å². The van der Waals surface area contributed by atoms with Crippen LogP contribution in [0.2, 0.25) is 0 Å². The van der Waals surface area contributed by atoms with Crippen LogP contribution in [0.25, 0.3) is 0 Å². The van der Waals surface area contributed by atoms with Crippen molar-refractivity contribution in [3.63, 3.8) is 0 Å². The van der Waals surface area contributed by atoms with Gasteiger partial charge in [-0.25, -0.2) is 0 Å². The third-order valence-electron chi connectivity index (χ3n) is 3.78. The molecule has 1 unspecified atom stereocenters. The first kappa shape index (κ1) is 20.4. The normalized spacial score (nSPS) is 15.3. The Hall–Kier alpha value is -1.87. The molecule has 0 saturated carbocycles. The lowest BCUT2D eigenvalue weighted by Crippen LogP contribution is -2.28. The van der Waals surface area contributed by atoms with E-state index in [1.54, 1.807) is 23.9 Å².